The predicted molar refractivity (Wildman–Crippen MR) is 55.9 cm³/mol. The summed E-state index contributed by atoms with van der Waals surface area (Å²) < 4.78 is 0. The fourth-order valence-corrected chi connectivity index (χ4v) is 1.35. The fraction of sp³-hybridized carbons (Fsp3) is 0.700. The van der Waals surface area contributed by atoms with Crippen molar-refractivity contribution in [3.05, 3.63) is 17.7 Å². The summed E-state index contributed by atoms with van der Waals surface area (Å²) in [5.74, 6) is 0.949. The van der Waals surface area contributed by atoms with Crippen LogP contribution in [0.4, 0.5) is 0 Å². The van der Waals surface area contributed by atoms with Crippen LogP contribution in [0.1, 0.15) is 31.3 Å². The van der Waals surface area contributed by atoms with Gasteiger partial charge >= 0.3 is 0 Å². The number of hydrogen-bond acceptors (Lipinski definition) is 3. The van der Waals surface area contributed by atoms with Crippen molar-refractivity contribution in [2.24, 2.45) is 0 Å². The maximum absolute atomic E-state index is 8.66. The van der Waals surface area contributed by atoms with Gasteiger partial charge in [-0.3, -0.25) is 0 Å². The Morgan fingerprint density at radius 1 is 1.64 bits per heavy atom. The minimum absolute atomic E-state index is 0.273. The molecule has 0 radical (unpaired) electrons. The third-order valence-electron chi connectivity index (χ3n) is 2.19. The van der Waals surface area contributed by atoms with E-state index < -0.39 is 0 Å². The second-order valence-corrected chi connectivity index (χ2v) is 3.64. The highest BCUT2D eigenvalue weighted by molar-refractivity contribution is 4.99. The molecule has 4 heteroatoms. The largest absolute Gasteiger partial charge is 0.396 e. The number of rotatable bonds is 6. The van der Waals surface area contributed by atoms with Gasteiger partial charge in [-0.15, -0.1) is 0 Å². The molecule has 1 aromatic heterocycles. The lowest BCUT2D eigenvalue weighted by atomic mass is 10.2. The number of aliphatic hydroxyl groups excluding tert-OH is 1. The molecule has 0 bridgehead atoms. The van der Waals surface area contributed by atoms with E-state index in [4.69, 9.17) is 5.11 Å². The summed E-state index contributed by atoms with van der Waals surface area (Å²) in [6.07, 6.45) is 3.71. The first-order valence-electron chi connectivity index (χ1n) is 5.07. The van der Waals surface area contributed by atoms with Gasteiger partial charge < -0.3 is 15.4 Å². The van der Waals surface area contributed by atoms with E-state index in [0.717, 1.165) is 30.9 Å². The van der Waals surface area contributed by atoms with Gasteiger partial charge in [-0.05, 0) is 26.7 Å². The van der Waals surface area contributed by atoms with Gasteiger partial charge in [0.25, 0.3) is 0 Å². The Balaban J connectivity index is 2.20. The van der Waals surface area contributed by atoms with Crippen LogP contribution in [0, 0.1) is 6.92 Å². The van der Waals surface area contributed by atoms with Crippen LogP contribution in [0.25, 0.3) is 0 Å². The van der Waals surface area contributed by atoms with E-state index in [1.165, 1.54) is 0 Å². The standard InChI is InChI=1S/C10H19N3O/c1-8(4-3-5-14)11-6-10-7-12-9(2)13-10/h7-8,11,14H,3-6H2,1-2H3,(H,12,13). The molecule has 0 aliphatic carbocycles. The van der Waals surface area contributed by atoms with Crippen LogP contribution in [0.15, 0.2) is 6.20 Å². The van der Waals surface area contributed by atoms with E-state index in [0.29, 0.717) is 6.04 Å². The van der Waals surface area contributed by atoms with Gasteiger partial charge in [0, 0.05) is 31.1 Å². The van der Waals surface area contributed by atoms with Crippen molar-refractivity contribution in [1.82, 2.24) is 15.3 Å². The van der Waals surface area contributed by atoms with Gasteiger partial charge in [0.1, 0.15) is 5.82 Å². The zero-order chi connectivity index (χ0) is 10.4. The summed E-state index contributed by atoms with van der Waals surface area (Å²) in [6, 6.07) is 0.436. The molecule has 1 heterocycles. The van der Waals surface area contributed by atoms with Crippen LogP contribution in [-0.2, 0) is 6.54 Å². The van der Waals surface area contributed by atoms with E-state index in [2.05, 4.69) is 22.2 Å². The molecule has 4 nitrogen and oxygen atoms in total. The van der Waals surface area contributed by atoms with Gasteiger partial charge in [0.05, 0.1) is 0 Å². The summed E-state index contributed by atoms with van der Waals surface area (Å²) >= 11 is 0. The zero-order valence-corrected chi connectivity index (χ0v) is 8.88. The first-order valence-corrected chi connectivity index (χ1v) is 5.07. The van der Waals surface area contributed by atoms with Gasteiger partial charge in [-0.1, -0.05) is 0 Å². The molecule has 0 fully saturated rings. The Kier molecular flexibility index (Phi) is 4.62. The summed E-state index contributed by atoms with van der Waals surface area (Å²) in [7, 11) is 0. The first kappa shape index (κ1) is 11.2. The van der Waals surface area contributed by atoms with Crippen molar-refractivity contribution in [2.45, 2.75) is 39.3 Å². The third kappa shape index (κ3) is 3.89. The Morgan fingerprint density at radius 3 is 3.00 bits per heavy atom. The SMILES string of the molecule is Cc1ncc(CNC(C)CCCO)[nH]1. The molecule has 0 amide bonds. The van der Waals surface area contributed by atoms with Crippen molar-refractivity contribution in [3.8, 4) is 0 Å². The van der Waals surface area contributed by atoms with Crippen LogP contribution in [0.3, 0.4) is 0 Å². The van der Waals surface area contributed by atoms with Crippen molar-refractivity contribution in [3.63, 3.8) is 0 Å². The summed E-state index contributed by atoms with van der Waals surface area (Å²) in [5.41, 5.74) is 1.11. The minimum Gasteiger partial charge on any atom is -0.396 e. The molecule has 14 heavy (non-hydrogen) atoms. The number of aryl methyl sites for hydroxylation is 1. The average molecular weight is 197 g/mol. The Bertz CT molecular complexity index is 260. The van der Waals surface area contributed by atoms with Crippen LogP contribution in [-0.4, -0.2) is 27.7 Å². The Morgan fingerprint density at radius 2 is 2.43 bits per heavy atom. The molecule has 3 N–H and O–H groups in total. The second kappa shape index (κ2) is 5.78. The number of nitrogens with one attached hydrogen (secondary N) is 2. The lowest BCUT2D eigenvalue weighted by Gasteiger charge is -2.11. The quantitative estimate of drug-likeness (QED) is 0.637. The summed E-state index contributed by atoms with van der Waals surface area (Å²) in [6.45, 7) is 5.15. The van der Waals surface area contributed by atoms with Crippen molar-refractivity contribution in [2.75, 3.05) is 6.61 Å². The van der Waals surface area contributed by atoms with Crippen molar-refractivity contribution in [1.29, 1.82) is 0 Å². The molecular formula is C10H19N3O. The number of aromatic nitrogens is 2. The van der Waals surface area contributed by atoms with E-state index in [1.807, 2.05) is 13.1 Å². The molecule has 0 saturated carbocycles. The molecule has 0 saturated heterocycles. The van der Waals surface area contributed by atoms with E-state index in [-0.39, 0.29) is 6.61 Å². The van der Waals surface area contributed by atoms with Crippen LogP contribution in [0.2, 0.25) is 0 Å². The van der Waals surface area contributed by atoms with Gasteiger partial charge in [0.15, 0.2) is 0 Å². The molecule has 80 valence electrons. The lowest BCUT2D eigenvalue weighted by molar-refractivity contribution is 0.276. The number of aliphatic hydroxyl groups is 1. The average Bonchev–Trinajstić information content (AvgIpc) is 2.58. The summed E-state index contributed by atoms with van der Waals surface area (Å²) in [4.78, 5) is 7.29. The molecule has 1 rings (SSSR count). The molecule has 1 atom stereocenters. The maximum Gasteiger partial charge on any atom is 0.103 e. The fourth-order valence-electron chi connectivity index (χ4n) is 1.35. The lowest BCUT2D eigenvalue weighted by Crippen LogP contribution is -2.25. The van der Waals surface area contributed by atoms with Crippen molar-refractivity contribution < 1.29 is 5.11 Å². The summed E-state index contributed by atoms with van der Waals surface area (Å²) in [5, 5.41) is 12.0. The highest BCUT2D eigenvalue weighted by Gasteiger charge is 2.01. The van der Waals surface area contributed by atoms with Gasteiger partial charge in [-0.2, -0.15) is 0 Å². The van der Waals surface area contributed by atoms with E-state index in [9.17, 15) is 0 Å². The van der Waals surface area contributed by atoms with Crippen LogP contribution in [0.5, 0.6) is 0 Å². The molecule has 0 aliphatic rings. The topological polar surface area (TPSA) is 60.9 Å². The smallest absolute Gasteiger partial charge is 0.103 e. The van der Waals surface area contributed by atoms with Gasteiger partial charge in [0.2, 0.25) is 0 Å². The normalized spacial score (nSPS) is 13.1. The van der Waals surface area contributed by atoms with Crippen molar-refractivity contribution >= 4 is 0 Å². The molecular weight excluding hydrogens is 178 g/mol. The molecule has 0 aliphatic heterocycles. The highest BCUT2D eigenvalue weighted by atomic mass is 16.2. The Labute approximate surface area is 84.8 Å². The van der Waals surface area contributed by atoms with E-state index in [1.54, 1.807) is 0 Å². The zero-order valence-electron chi connectivity index (χ0n) is 8.88. The van der Waals surface area contributed by atoms with Gasteiger partial charge in [-0.25, -0.2) is 4.98 Å². The molecule has 1 unspecified atom stereocenters. The minimum atomic E-state index is 0.273. The molecule has 1 aromatic rings. The number of aromatic amines is 1. The molecule has 0 spiro atoms. The second-order valence-electron chi connectivity index (χ2n) is 3.64. The van der Waals surface area contributed by atoms with Crippen LogP contribution >= 0.6 is 0 Å². The number of H-pyrrole nitrogens is 1. The van der Waals surface area contributed by atoms with Crippen LogP contribution < -0.4 is 5.32 Å². The predicted octanol–water partition coefficient (Wildman–Crippen LogP) is 0.969. The first-order chi connectivity index (χ1) is 6.72. The number of hydrogen-bond donors (Lipinski definition) is 3. The maximum atomic E-state index is 8.66. The molecule has 0 aromatic carbocycles. The number of nitrogens with zero attached hydrogens (tertiary/aromatic N) is 1. The number of imidazole rings is 1. The Hall–Kier alpha value is -0.870. The third-order valence-corrected chi connectivity index (χ3v) is 2.19. The van der Waals surface area contributed by atoms with E-state index >= 15 is 0 Å². The monoisotopic (exact) mass is 197 g/mol. The highest BCUT2D eigenvalue weighted by Crippen LogP contribution is 1.99.